The highest BCUT2D eigenvalue weighted by molar-refractivity contribution is 5.91. The molecule has 0 heterocycles. The van der Waals surface area contributed by atoms with Crippen LogP contribution < -0.4 is 32.3 Å². The van der Waals surface area contributed by atoms with E-state index >= 15 is 0 Å². The van der Waals surface area contributed by atoms with Crippen LogP contribution in [0.25, 0.3) is 0 Å². The van der Waals surface area contributed by atoms with Gasteiger partial charge in [0.05, 0.1) is 26.2 Å². The van der Waals surface area contributed by atoms with Crippen LogP contribution in [-0.2, 0) is 24.0 Å². The molecular formula is C17H34N6O5. The van der Waals surface area contributed by atoms with Crippen LogP contribution in [0.5, 0.6) is 0 Å². The van der Waals surface area contributed by atoms with E-state index in [1.54, 1.807) is 13.8 Å². The van der Waals surface area contributed by atoms with Crippen LogP contribution in [0, 0.1) is 0 Å². The summed E-state index contributed by atoms with van der Waals surface area (Å²) < 4.78 is 0. The van der Waals surface area contributed by atoms with Crippen molar-refractivity contribution in [2.24, 2.45) is 5.73 Å². The Hall–Kier alpha value is -2.69. The lowest BCUT2D eigenvalue weighted by atomic mass is 10.3. The van der Waals surface area contributed by atoms with Crippen molar-refractivity contribution in [3.63, 3.8) is 0 Å². The zero-order valence-corrected chi connectivity index (χ0v) is 17.3. The van der Waals surface area contributed by atoms with E-state index in [0.717, 1.165) is 0 Å². The molecule has 0 fully saturated rings. The Balaban J connectivity index is 0. The Morgan fingerprint density at radius 2 is 1.11 bits per heavy atom. The van der Waals surface area contributed by atoms with Crippen molar-refractivity contribution < 1.29 is 24.0 Å². The molecule has 1 unspecified atom stereocenters. The molecule has 0 spiro atoms. The van der Waals surface area contributed by atoms with Gasteiger partial charge in [-0.15, -0.1) is 0 Å². The summed E-state index contributed by atoms with van der Waals surface area (Å²) in [4.78, 5) is 57.0. The second kappa shape index (κ2) is 16.5. The molecule has 162 valence electrons. The summed E-state index contributed by atoms with van der Waals surface area (Å²) in [7, 11) is 0. The lowest BCUT2D eigenvalue weighted by molar-refractivity contribution is -0.130. The van der Waals surface area contributed by atoms with Gasteiger partial charge in [0.1, 0.15) is 6.04 Å². The molecule has 11 nitrogen and oxygen atoms in total. The van der Waals surface area contributed by atoms with Gasteiger partial charge >= 0.3 is 0 Å². The first-order chi connectivity index (χ1) is 13.1. The van der Waals surface area contributed by atoms with Crippen LogP contribution >= 0.6 is 0 Å². The van der Waals surface area contributed by atoms with Gasteiger partial charge in [0, 0.05) is 6.04 Å². The van der Waals surface area contributed by atoms with Gasteiger partial charge < -0.3 is 32.3 Å². The standard InChI is InChI=1S/C14H26N6O5.C3H8/c1-8(2)19-14(25)9(3)20-13(24)7-18-12(23)6-17-11(22)5-16-10(21)4-15;1-3-2/h8-9H,4-7,15H2,1-3H3,(H,16,21)(H,17,22)(H,18,23)(H,19,25)(H,20,24);3H2,1-2H3. The Kier molecular flexibility index (Phi) is 16.2. The average molecular weight is 402 g/mol. The van der Waals surface area contributed by atoms with Crippen molar-refractivity contribution in [3.8, 4) is 0 Å². The normalized spacial score (nSPS) is 10.7. The van der Waals surface area contributed by atoms with Gasteiger partial charge in [-0.25, -0.2) is 0 Å². The molecule has 0 aliphatic carbocycles. The van der Waals surface area contributed by atoms with Crippen LogP contribution in [0.3, 0.4) is 0 Å². The van der Waals surface area contributed by atoms with E-state index in [0.29, 0.717) is 0 Å². The first kappa shape index (κ1) is 27.5. The first-order valence-corrected chi connectivity index (χ1v) is 9.17. The van der Waals surface area contributed by atoms with Gasteiger partial charge in [-0.3, -0.25) is 24.0 Å². The Morgan fingerprint density at radius 3 is 1.50 bits per heavy atom. The second-order valence-electron chi connectivity index (χ2n) is 6.19. The van der Waals surface area contributed by atoms with Gasteiger partial charge in [-0.05, 0) is 20.8 Å². The number of nitrogens with two attached hydrogens (primary N) is 1. The number of amides is 5. The first-order valence-electron chi connectivity index (χ1n) is 9.17. The van der Waals surface area contributed by atoms with Crippen LogP contribution in [0.4, 0.5) is 0 Å². The fourth-order valence-electron chi connectivity index (χ4n) is 1.50. The Bertz CT molecular complexity index is 524. The third kappa shape index (κ3) is 16.8. The van der Waals surface area contributed by atoms with Crippen LogP contribution in [0.2, 0.25) is 0 Å². The fraction of sp³-hybridized carbons (Fsp3) is 0.706. The van der Waals surface area contributed by atoms with Gasteiger partial charge in [-0.2, -0.15) is 0 Å². The summed E-state index contributed by atoms with van der Waals surface area (Å²) >= 11 is 0. The Morgan fingerprint density at radius 1 is 0.714 bits per heavy atom. The van der Waals surface area contributed by atoms with E-state index in [9.17, 15) is 24.0 Å². The third-order valence-corrected chi connectivity index (χ3v) is 2.73. The van der Waals surface area contributed by atoms with Crippen molar-refractivity contribution in [1.82, 2.24) is 26.6 Å². The second-order valence-corrected chi connectivity index (χ2v) is 6.19. The highest BCUT2D eigenvalue weighted by atomic mass is 16.2. The van der Waals surface area contributed by atoms with Gasteiger partial charge in [0.2, 0.25) is 29.5 Å². The number of hydrogen-bond donors (Lipinski definition) is 6. The molecule has 0 radical (unpaired) electrons. The molecule has 28 heavy (non-hydrogen) atoms. The molecule has 0 aliphatic heterocycles. The van der Waals surface area contributed by atoms with Gasteiger partial charge in [0.25, 0.3) is 0 Å². The molecule has 0 aliphatic rings. The molecule has 0 bridgehead atoms. The highest BCUT2D eigenvalue weighted by Gasteiger charge is 2.16. The molecule has 0 aromatic heterocycles. The number of carbonyl (C=O) groups excluding carboxylic acids is 5. The monoisotopic (exact) mass is 402 g/mol. The Labute approximate surface area is 165 Å². The van der Waals surface area contributed by atoms with Crippen molar-refractivity contribution in [3.05, 3.63) is 0 Å². The van der Waals surface area contributed by atoms with E-state index in [1.165, 1.54) is 13.3 Å². The summed E-state index contributed by atoms with van der Waals surface area (Å²) in [5.41, 5.74) is 5.05. The number of nitrogens with one attached hydrogen (secondary N) is 5. The predicted octanol–water partition coefficient (Wildman–Crippen LogP) is -2.26. The van der Waals surface area contributed by atoms with Crippen LogP contribution in [0.15, 0.2) is 0 Å². The van der Waals surface area contributed by atoms with E-state index in [4.69, 9.17) is 5.73 Å². The SMILES string of the molecule is CC(C)NC(=O)C(C)NC(=O)CNC(=O)CNC(=O)CNC(=O)CN.CCC. The minimum Gasteiger partial charge on any atom is -0.352 e. The third-order valence-electron chi connectivity index (χ3n) is 2.73. The van der Waals surface area contributed by atoms with Crippen LogP contribution in [0.1, 0.15) is 41.0 Å². The smallest absolute Gasteiger partial charge is 0.242 e. The van der Waals surface area contributed by atoms with Crippen molar-refractivity contribution in [2.75, 3.05) is 26.2 Å². The quantitative estimate of drug-likeness (QED) is 0.241. The molecule has 5 amide bonds. The lowest BCUT2D eigenvalue weighted by Crippen LogP contribution is -2.50. The maximum atomic E-state index is 11.6. The molecule has 0 saturated carbocycles. The topological polar surface area (TPSA) is 172 Å². The largest absolute Gasteiger partial charge is 0.352 e. The zero-order valence-electron chi connectivity index (χ0n) is 17.3. The van der Waals surface area contributed by atoms with E-state index in [2.05, 4.69) is 40.4 Å². The summed E-state index contributed by atoms with van der Waals surface area (Å²) in [6.07, 6.45) is 1.25. The molecule has 0 aromatic carbocycles. The number of hydrogen-bond acceptors (Lipinski definition) is 6. The zero-order chi connectivity index (χ0) is 22.1. The number of carbonyl (C=O) groups is 5. The van der Waals surface area contributed by atoms with Crippen LogP contribution in [-0.4, -0.2) is 67.8 Å². The minimum absolute atomic E-state index is 0.0511. The van der Waals surface area contributed by atoms with E-state index in [-0.39, 0.29) is 38.1 Å². The molecular weight excluding hydrogens is 368 g/mol. The molecule has 0 rings (SSSR count). The van der Waals surface area contributed by atoms with E-state index in [1.807, 2.05) is 0 Å². The highest BCUT2D eigenvalue weighted by Crippen LogP contribution is 1.85. The maximum absolute atomic E-state index is 11.6. The molecule has 7 N–H and O–H groups in total. The van der Waals surface area contributed by atoms with E-state index < -0.39 is 29.7 Å². The average Bonchev–Trinajstić information content (AvgIpc) is 2.62. The molecule has 0 saturated heterocycles. The molecule has 11 heteroatoms. The lowest BCUT2D eigenvalue weighted by Gasteiger charge is -2.16. The van der Waals surface area contributed by atoms with Crippen molar-refractivity contribution >= 4 is 29.5 Å². The van der Waals surface area contributed by atoms with Gasteiger partial charge in [0.15, 0.2) is 0 Å². The molecule has 0 aromatic rings. The summed E-state index contributed by atoms with van der Waals surface area (Å²) in [6, 6.07) is -0.789. The maximum Gasteiger partial charge on any atom is 0.242 e. The van der Waals surface area contributed by atoms with Crippen molar-refractivity contribution in [2.45, 2.75) is 53.1 Å². The summed E-state index contributed by atoms with van der Waals surface area (Å²) in [5.74, 6) is -2.53. The fourth-order valence-corrected chi connectivity index (χ4v) is 1.50. The molecule has 1 atom stereocenters. The predicted molar refractivity (Wildman–Crippen MR) is 105 cm³/mol. The minimum atomic E-state index is -0.738. The summed E-state index contributed by atoms with van der Waals surface area (Å²) in [5, 5.41) is 11.9. The van der Waals surface area contributed by atoms with Gasteiger partial charge in [-0.1, -0.05) is 20.3 Å². The van der Waals surface area contributed by atoms with Crippen molar-refractivity contribution in [1.29, 1.82) is 0 Å². The number of rotatable bonds is 10. The summed E-state index contributed by atoms with van der Waals surface area (Å²) in [6.45, 7) is 8.13.